The summed E-state index contributed by atoms with van der Waals surface area (Å²) in [6.07, 6.45) is -2.90. The predicted molar refractivity (Wildman–Crippen MR) is 115 cm³/mol. The van der Waals surface area contributed by atoms with Crippen LogP contribution in [0.3, 0.4) is 0 Å². The van der Waals surface area contributed by atoms with E-state index in [1.165, 1.54) is 0 Å². The minimum Gasteiger partial charge on any atom is -0.497 e. The minimum atomic E-state index is -4.08. The van der Waals surface area contributed by atoms with Gasteiger partial charge in [0, 0.05) is 13.1 Å². The summed E-state index contributed by atoms with van der Waals surface area (Å²) in [6.45, 7) is 2.45. The molecular weight excluding hydrogens is 486 g/mol. The molecule has 2 N–H and O–H groups in total. The second-order valence-corrected chi connectivity index (χ2v) is 6.79. The Kier molecular flexibility index (Phi) is 10.2. The normalized spacial score (nSPS) is 21.3. The Labute approximate surface area is 181 Å². The lowest BCUT2D eigenvalue weighted by molar-refractivity contribution is -0.182. The average molecular weight is 515 g/mol. The summed E-state index contributed by atoms with van der Waals surface area (Å²) in [5.41, 5.74) is 0. The molecule has 0 aliphatic heterocycles. The molecule has 2 rings (SSSR count). The molecule has 9 heteroatoms. The van der Waals surface area contributed by atoms with Crippen LogP contribution in [0.5, 0.6) is 11.5 Å². The fourth-order valence-corrected chi connectivity index (χ4v) is 3.12. The molecule has 0 heterocycles. The smallest absolute Gasteiger partial charge is 0.391 e. The number of halogens is 4. The van der Waals surface area contributed by atoms with Gasteiger partial charge >= 0.3 is 6.18 Å². The van der Waals surface area contributed by atoms with Crippen molar-refractivity contribution in [1.29, 1.82) is 0 Å². The van der Waals surface area contributed by atoms with Gasteiger partial charge in [-0.3, -0.25) is 4.99 Å². The molecule has 0 saturated heterocycles. The van der Waals surface area contributed by atoms with E-state index in [2.05, 4.69) is 15.6 Å². The van der Waals surface area contributed by atoms with Crippen molar-refractivity contribution in [2.24, 2.45) is 10.9 Å². The summed E-state index contributed by atoms with van der Waals surface area (Å²) in [4.78, 5) is 4.15. The monoisotopic (exact) mass is 515 g/mol. The van der Waals surface area contributed by atoms with E-state index in [4.69, 9.17) is 9.47 Å². The Bertz CT molecular complexity index is 603. The SMILES string of the molecule is CN=C(NCC(C)Oc1ccc(OC)cc1)NC1CCC(C(F)(F)F)CC1.I. The molecule has 1 aliphatic carbocycles. The lowest BCUT2D eigenvalue weighted by Crippen LogP contribution is -2.47. The van der Waals surface area contributed by atoms with Crippen molar-refractivity contribution in [1.82, 2.24) is 10.6 Å². The topological polar surface area (TPSA) is 54.9 Å². The molecule has 1 saturated carbocycles. The lowest BCUT2D eigenvalue weighted by atomic mass is 9.85. The molecule has 0 spiro atoms. The van der Waals surface area contributed by atoms with Crippen LogP contribution in [0.2, 0.25) is 0 Å². The largest absolute Gasteiger partial charge is 0.497 e. The van der Waals surface area contributed by atoms with Crippen LogP contribution in [-0.2, 0) is 0 Å². The first kappa shape index (κ1) is 24.6. The minimum absolute atomic E-state index is 0. The second-order valence-electron chi connectivity index (χ2n) is 6.79. The van der Waals surface area contributed by atoms with Crippen LogP contribution in [0.25, 0.3) is 0 Å². The van der Waals surface area contributed by atoms with Crippen LogP contribution in [-0.4, -0.2) is 45.0 Å². The van der Waals surface area contributed by atoms with E-state index in [1.807, 2.05) is 31.2 Å². The zero-order chi connectivity index (χ0) is 19.9. The molecule has 1 aromatic carbocycles. The van der Waals surface area contributed by atoms with Crippen LogP contribution in [0.1, 0.15) is 32.6 Å². The Balaban J connectivity index is 0.00000392. The van der Waals surface area contributed by atoms with E-state index in [0.29, 0.717) is 25.3 Å². The molecule has 28 heavy (non-hydrogen) atoms. The number of rotatable bonds is 6. The van der Waals surface area contributed by atoms with Gasteiger partial charge < -0.3 is 20.1 Å². The van der Waals surface area contributed by atoms with Gasteiger partial charge in [-0.2, -0.15) is 13.2 Å². The van der Waals surface area contributed by atoms with Crippen LogP contribution < -0.4 is 20.1 Å². The summed E-state index contributed by atoms with van der Waals surface area (Å²) in [7, 11) is 3.25. The molecule has 160 valence electrons. The lowest BCUT2D eigenvalue weighted by Gasteiger charge is -2.31. The quantitative estimate of drug-likeness (QED) is 0.336. The maximum Gasteiger partial charge on any atom is 0.391 e. The number of benzene rings is 1. The van der Waals surface area contributed by atoms with Gasteiger partial charge in [-0.05, 0) is 56.9 Å². The average Bonchev–Trinajstić information content (AvgIpc) is 2.65. The van der Waals surface area contributed by atoms with Crippen LogP contribution in [0.15, 0.2) is 29.3 Å². The molecule has 1 aliphatic rings. The highest BCUT2D eigenvalue weighted by atomic mass is 127. The van der Waals surface area contributed by atoms with E-state index in [0.717, 1.165) is 11.5 Å². The number of guanidine groups is 1. The van der Waals surface area contributed by atoms with Gasteiger partial charge in [-0.15, -0.1) is 24.0 Å². The van der Waals surface area contributed by atoms with Crippen molar-refractivity contribution in [2.75, 3.05) is 20.7 Å². The molecule has 1 atom stereocenters. The molecule has 1 unspecified atom stereocenters. The van der Waals surface area contributed by atoms with Gasteiger partial charge in [-0.1, -0.05) is 0 Å². The molecule has 0 bridgehead atoms. The molecule has 0 amide bonds. The Morgan fingerprint density at radius 3 is 2.21 bits per heavy atom. The summed E-state index contributed by atoms with van der Waals surface area (Å²) < 4.78 is 49.2. The Morgan fingerprint density at radius 1 is 1.14 bits per heavy atom. The van der Waals surface area contributed by atoms with Crippen molar-refractivity contribution in [3.8, 4) is 11.5 Å². The maximum atomic E-state index is 12.8. The maximum absolute atomic E-state index is 12.8. The third kappa shape index (κ3) is 7.92. The predicted octanol–water partition coefficient (Wildman–Crippen LogP) is 4.37. The van der Waals surface area contributed by atoms with Crippen LogP contribution in [0, 0.1) is 5.92 Å². The van der Waals surface area contributed by atoms with E-state index in [-0.39, 0.29) is 49.0 Å². The number of nitrogens with one attached hydrogen (secondary N) is 2. The third-order valence-corrected chi connectivity index (χ3v) is 4.71. The van der Waals surface area contributed by atoms with Gasteiger partial charge in [0.1, 0.15) is 17.6 Å². The molecule has 0 aromatic heterocycles. The van der Waals surface area contributed by atoms with E-state index in [9.17, 15) is 13.2 Å². The summed E-state index contributed by atoms with van der Waals surface area (Å²) in [6, 6.07) is 7.33. The number of hydrogen-bond donors (Lipinski definition) is 2. The molecule has 5 nitrogen and oxygen atoms in total. The van der Waals surface area contributed by atoms with E-state index < -0.39 is 12.1 Å². The van der Waals surface area contributed by atoms with Crippen molar-refractivity contribution in [3.05, 3.63) is 24.3 Å². The summed E-state index contributed by atoms with van der Waals surface area (Å²) in [5.74, 6) is 0.899. The number of alkyl halides is 3. The van der Waals surface area contributed by atoms with Crippen molar-refractivity contribution < 1.29 is 22.6 Å². The number of hydrogen-bond acceptors (Lipinski definition) is 3. The number of nitrogens with zero attached hydrogens (tertiary/aromatic N) is 1. The highest BCUT2D eigenvalue weighted by Gasteiger charge is 2.41. The van der Waals surface area contributed by atoms with Crippen molar-refractivity contribution in [3.63, 3.8) is 0 Å². The highest BCUT2D eigenvalue weighted by molar-refractivity contribution is 14.0. The summed E-state index contributed by atoms with van der Waals surface area (Å²) >= 11 is 0. The van der Waals surface area contributed by atoms with E-state index in [1.54, 1.807) is 14.2 Å². The highest BCUT2D eigenvalue weighted by Crippen LogP contribution is 2.37. The molecule has 1 aromatic rings. The molecular formula is C19H29F3IN3O2. The third-order valence-electron chi connectivity index (χ3n) is 4.71. The number of aliphatic imine (C=N–C) groups is 1. The first-order valence-corrected chi connectivity index (χ1v) is 9.16. The number of methoxy groups -OCH3 is 1. The molecule has 0 radical (unpaired) electrons. The first-order valence-electron chi connectivity index (χ1n) is 9.16. The Hall–Kier alpha value is -1.39. The Morgan fingerprint density at radius 2 is 1.71 bits per heavy atom. The fraction of sp³-hybridized carbons (Fsp3) is 0.632. The standard InChI is InChI=1S/C19H28F3N3O2.HI/c1-13(27-17-10-8-16(26-3)9-11-17)12-24-18(23-2)25-15-6-4-14(5-7-15)19(20,21)22;/h8-11,13-15H,4-7,12H2,1-3H3,(H2,23,24,25);1H. The zero-order valence-electron chi connectivity index (χ0n) is 16.4. The zero-order valence-corrected chi connectivity index (χ0v) is 18.7. The van der Waals surface area contributed by atoms with Crippen LogP contribution >= 0.6 is 24.0 Å². The van der Waals surface area contributed by atoms with E-state index >= 15 is 0 Å². The van der Waals surface area contributed by atoms with Gasteiger partial charge in [0.05, 0.1) is 19.6 Å². The number of ether oxygens (including phenoxy) is 2. The van der Waals surface area contributed by atoms with Gasteiger partial charge in [0.2, 0.25) is 0 Å². The van der Waals surface area contributed by atoms with Gasteiger partial charge in [0.15, 0.2) is 5.96 Å². The van der Waals surface area contributed by atoms with Crippen molar-refractivity contribution >= 4 is 29.9 Å². The summed E-state index contributed by atoms with van der Waals surface area (Å²) in [5, 5.41) is 6.38. The first-order chi connectivity index (χ1) is 12.8. The molecule has 1 fully saturated rings. The fourth-order valence-electron chi connectivity index (χ4n) is 3.12. The van der Waals surface area contributed by atoms with Gasteiger partial charge in [-0.25, -0.2) is 0 Å². The van der Waals surface area contributed by atoms with Crippen molar-refractivity contribution in [2.45, 2.75) is 50.9 Å². The second kappa shape index (κ2) is 11.6. The van der Waals surface area contributed by atoms with Gasteiger partial charge in [0.25, 0.3) is 0 Å². The van der Waals surface area contributed by atoms with Crippen LogP contribution in [0.4, 0.5) is 13.2 Å².